The SMILES string of the molecule is CC1C(CO)CCN1CCc1ccccc1. The average Bonchev–Trinajstić information content (AvgIpc) is 2.69. The minimum atomic E-state index is 0.336. The largest absolute Gasteiger partial charge is 0.396 e. The fourth-order valence-corrected chi connectivity index (χ4v) is 2.55. The Morgan fingerprint density at radius 2 is 2.06 bits per heavy atom. The second-order valence-corrected chi connectivity index (χ2v) is 4.74. The standard InChI is InChI=1S/C14H21NO/c1-12-14(11-16)8-10-15(12)9-7-13-5-3-2-4-6-13/h2-6,12,14,16H,7-11H2,1H3. The third kappa shape index (κ3) is 2.63. The van der Waals surface area contributed by atoms with Gasteiger partial charge in [-0.05, 0) is 37.8 Å². The van der Waals surface area contributed by atoms with Crippen molar-refractivity contribution in [3.05, 3.63) is 35.9 Å². The number of hydrogen-bond acceptors (Lipinski definition) is 2. The summed E-state index contributed by atoms with van der Waals surface area (Å²) in [6.45, 7) is 4.82. The highest BCUT2D eigenvalue weighted by Gasteiger charge is 2.29. The van der Waals surface area contributed by atoms with Crippen molar-refractivity contribution < 1.29 is 5.11 Å². The van der Waals surface area contributed by atoms with Gasteiger partial charge < -0.3 is 5.11 Å². The van der Waals surface area contributed by atoms with Crippen LogP contribution < -0.4 is 0 Å². The maximum Gasteiger partial charge on any atom is 0.0474 e. The van der Waals surface area contributed by atoms with Crippen LogP contribution in [0, 0.1) is 5.92 Å². The predicted molar refractivity (Wildman–Crippen MR) is 66.4 cm³/mol. The maximum atomic E-state index is 9.21. The molecule has 1 fully saturated rings. The molecule has 1 aliphatic heterocycles. The maximum absolute atomic E-state index is 9.21. The van der Waals surface area contributed by atoms with E-state index >= 15 is 0 Å². The van der Waals surface area contributed by atoms with Gasteiger partial charge in [0.2, 0.25) is 0 Å². The van der Waals surface area contributed by atoms with Crippen LogP contribution in [-0.2, 0) is 6.42 Å². The molecule has 2 nitrogen and oxygen atoms in total. The number of hydrogen-bond donors (Lipinski definition) is 1. The molecule has 0 aliphatic carbocycles. The molecule has 2 atom stereocenters. The summed E-state index contributed by atoms with van der Waals surface area (Å²) in [7, 11) is 0. The van der Waals surface area contributed by atoms with Crippen LogP contribution in [0.25, 0.3) is 0 Å². The molecule has 1 aliphatic rings. The number of rotatable bonds is 4. The molecule has 1 heterocycles. The Bertz CT molecular complexity index is 312. The highest BCUT2D eigenvalue weighted by molar-refractivity contribution is 5.15. The zero-order valence-corrected chi connectivity index (χ0v) is 9.97. The summed E-state index contributed by atoms with van der Waals surface area (Å²) in [4.78, 5) is 2.49. The predicted octanol–water partition coefficient (Wildman–Crippen LogP) is 1.93. The number of benzene rings is 1. The Hall–Kier alpha value is -0.860. The fourth-order valence-electron chi connectivity index (χ4n) is 2.55. The van der Waals surface area contributed by atoms with E-state index in [1.165, 1.54) is 5.56 Å². The van der Waals surface area contributed by atoms with Gasteiger partial charge in [0.25, 0.3) is 0 Å². The van der Waals surface area contributed by atoms with Crippen molar-refractivity contribution in [2.24, 2.45) is 5.92 Å². The lowest BCUT2D eigenvalue weighted by molar-refractivity contribution is 0.177. The van der Waals surface area contributed by atoms with Gasteiger partial charge in [0, 0.05) is 19.2 Å². The quantitative estimate of drug-likeness (QED) is 0.836. The van der Waals surface area contributed by atoms with Gasteiger partial charge in [0.1, 0.15) is 0 Å². The first-order valence-corrected chi connectivity index (χ1v) is 6.20. The van der Waals surface area contributed by atoms with Crippen LogP contribution in [0.1, 0.15) is 18.9 Å². The van der Waals surface area contributed by atoms with E-state index in [9.17, 15) is 5.11 Å². The second-order valence-electron chi connectivity index (χ2n) is 4.74. The van der Waals surface area contributed by atoms with Crippen molar-refractivity contribution >= 4 is 0 Å². The number of likely N-dealkylation sites (tertiary alicyclic amines) is 1. The Morgan fingerprint density at radius 3 is 2.69 bits per heavy atom. The molecule has 0 bridgehead atoms. The van der Waals surface area contributed by atoms with E-state index in [0.29, 0.717) is 18.6 Å². The summed E-state index contributed by atoms with van der Waals surface area (Å²) in [5.74, 6) is 0.482. The van der Waals surface area contributed by atoms with Crippen molar-refractivity contribution in [2.45, 2.75) is 25.8 Å². The van der Waals surface area contributed by atoms with Crippen molar-refractivity contribution in [2.75, 3.05) is 19.7 Å². The van der Waals surface area contributed by atoms with Gasteiger partial charge in [0.15, 0.2) is 0 Å². The molecule has 16 heavy (non-hydrogen) atoms. The topological polar surface area (TPSA) is 23.5 Å². The van der Waals surface area contributed by atoms with E-state index in [1.807, 2.05) is 0 Å². The van der Waals surface area contributed by atoms with E-state index < -0.39 is 0 Å². The molecule has 0 spiro atoms. The summed E-state index contributed by atoms with van der Waals surface area (Å²) >= 11 is 0. The van der Waals surface area contributed by atoms with Crippen LogP contribution in [0.5, 0.6) is 0 Å². The van der Waals surface area contributed by atoms with E-state index in [2.05, 4.69) is 42.2 Å². The van der Waals surface area contributed by atoms with Crippen molar-refractivity contribution in [3.63, 3.8) is 0 Å². The van der Waals surface area contributed by atoms with Crippen molar-refractivity contribution in [1.29, 1.82) is 0 Å². The molecule has 88 valence electrons. The van der Waals surface area contributed by atoms with Gasteiger partial charge in [-0.2, -0.15) is 0 Å². The zero-order chi connectivity index (χ0) is 11.4. The zero-order valence-electron chi connectivity index (χ0n) is 9.97. The third-order valence-electron chi connectivity index (χ3n) is 3.81. The molecule has 1 aromatic carbocycles. The van der Waals surface area contributed by atoms with Gasteiger partial charge in [-0.15, -0.1) is 0 Å². The minimum Gasteiger partial charge on any atom is -0.396 e. The van der Waals surface area contributed by atoms with Crippen molar-refractivity contribution in [1.82, 2.24) is 4.90 Å². The monoisotopic (exact) mass is 219 g/mol. The third-order valence-corrected chi connectivity index (χ3v) is 3.81. The Balaban J connectivity index is 1.83. The summed E-state index contributed by atoms with van der Waals surface area (Å²) < 4.78 is 0. The van der Waals surface area contributed by atoms with Crippen LogP contribution in [0.15, 0.2) is 30.3 Å². The summed E-state index contributed by atoms with van der Waals surface area (Å²) in [6.07, 6.45) is 2.26. The summed E-state index contributed by atoms with van der Waals surface area (Å²) in [5, 5.41) is 9.21. The van der Waals surface area contributed by atoms with Crippen molar-refractivity contribution in [3.8, 4) is 0 Å². The first kappa shape index (κ1) is 11.6. The second kappa shape index (κ2) is 5.46. The highest BCUT2D eigenvalue weighted by atomic mass is 16.3. The van der Waals surface area contributed by atoms with Crippen LogP contribution in [0.4, 0.5) is 0 Å². The highest BCUT2D eigenvalue weighted by Crippen LogP contribution is 2.23. The molecule has 0 radical (unpaired) electrons. The molecule has 2 unspecified atom stereocenters. The van der Waals surface area contributed by atoms with E-state index in [-0.39, 0.29) is 0 Å². The number of aliphatic hydroxyl groups is 1. The van der Waals surface area contributed by atoms with Crippen LogP contribution >= 0.6 is 0 Å². The molecule has 1 N–H and O–H groups in total. The lowest BCUT2D eigenvalue weighted by atomic mass is 10.0. The lowest BCUT2D eigenvalue weighted by Crippen LogP contribution is -2.32. The Labute approximate surface area is 97.9 Å². The molecule has 0 saturated carbocycles. The molecular formula is C14H21NO. The van der Waals surface area contributed by atoms with Crippen LogP contribution in [-0.4, -0.2) is 35.7 Å². The van der Waals surface area contributed by atoms with E-state index in [1.54, 1.807) is 0 Å². The normalized spacial score (nSPS) is 26.1. The fraction of sp³-hybridized carbons (Fsp3) is 0.571. The van der Waals surface area contributed by atoms with Gasteiger partial charge in [0.05, 0.1) is 0 Å². The van der Waals surface area contributed by atoms with Gasteiger partial charge in [-0.1, -0.05) is 30.3 Å². The first-order valence-electron chi connectivity index (χ1n) is 6.20. The molecule has 2 rings (SSSR count). The van der Waals surface area contributed by atoms with E-state index in [0.717, 1.165) is 25.9 Å². The first-order chi connectivity index (χ1) is 7.81. The number of nitrogens with zero attached hydrogens (tertiary/aromatic N) is 1. The lowest BCUT2D eigenvalue weighted by Gasteiger charge is -2.23. The molecule has 1 aromatic rings. The molecule has 1 saturated heterocycles. The molecule has 2 heteroatoms. The molecule has 0 aromatic heterocycles. The summed E-state index contributed by atoms with van der Waals surface area (Å²) in [6, 6.07) is 11.2. The van der Waals surface area contributed by atoms with Gasteiger partial charge in [-0.25, -0.2) is 0 Å². The Morgan fingerprint density at radius 1 is 1.31 bits per heavy atom. The van der Waals surface area contributed by atoms with E-state index in [4.69, 9.17) is 0 Å². The minimum absolute atomic E-state index is 0.336. The average molecular weight is 219 g/mol. The Kier molecular flexibility index (Phi) is 3.97. The molecule has 0 amide bonds. The summed E-state index contributed by atoms with van der Waals surface area (Å²) in [5.41, 5.74) is 1.40. The molecular weight excluding hydrogens is 198 g/mol. The smallest absolute Gasteiger partial charge is 0.0474 e. The van der Waals surface area contributed by atoms with Gasteiger partial charge >= 0.3 is 0 Å². The van der Waals surface area contributed by atoms with Crippen LogP contribution in [0.2, 0.25) is 0 Å². The van der Waals surface area contributed by atoms with Gasteiger partial charge in [-0.3, -0.25) is 4.90 Å². The van der Waals surface area contributed by atoms with Crippen LogP contribution in [0.3, 0.4) is 0 Å². The number of aliphatic hydroxyl groups excluding tert-OH is 1.